The van der Waals surface area contributed by atoms with Gasteiger partial charge >= 0.3 is 0 Å². The summed E-state index contributed by atoms with van der Waals surface area (Å²) in [5, 5.41) is 0. The highest BCUT2D eigenvalue weighted by molar-refractivity contribution is 7.80. The van der Waals surface area contributed by atoms with Gasteiger partial charge in [0.25, 0.3) is 0 Å². The van der Waals surface area contributed by atoms with Gasteiger partial charge in [0.1, 0.15) is 0 Å². The molecule has 3 heteroatoms. The average Bonchev–Trinajstić information content (AvgIpc) is 2.11. The second-order valence-electron chi connectivity index (χ2n) is 1.96. The van der Waals surface area contributed by atoms with Crippen molar-refractivity contribution < 1.29 is 0 Å². The Morgan fingerprint density at radius 3 is 2.18 bits per heavy atom. The Labute approximate surface area is 71.8 Å². The van der Waals surface area contributed by atoms with E-state index < -0.39 is 0 Å². The van der Waals surface area contributed by atoms with Gasteiger partial charge in [0.05, 0.1) is 0 Å². The lowest BCUT2D eigenvalue weighted by molar-refractivity contribution is 1.16. The molecule has 1 aromatic rings. The number of hydrogen-bond donors (Lipinski definition) is 2. The summed E-state index contributed by atoms with van der Waals surface area (Å²) in [7, 11) is 0. The lowest BCUT2D eigenvalue weighted by Crippen LogP contribution is -1.82. The molecule has 0 fully saturated rings. The number of benzene rings is 1. The third-order valence-corrected chi connectivity index (χ3v) is 1.47. The molecule has 1 aromatic carbocycles. The first kappa shape index (κ1) is 10.2. The zero-order valence-corrected chi connectivity index (χ0v) is 7.05. The molecule has 0 unspecified atom stereocenters. The average molecular weight is 169 g/mol. The van der Waals surface area contributed by atoms with E-state index in [1.54, 1.807) is 0 Å². The maximum Gasteiger partial charge on any atom is -0.00574 e. The molecule has 1 N–H and O–H groups in total. The first-order valence-corrected chi connectivity index (χ1v) is 3.92. The van der Waals surface area contributed by atoms with Crippen LogP contribution in [0.3, 0.4) is 0 Å². The Morgan fingerprint density at radius 1 is 1.18 bits per heavy atom. The van der Waals surface area contributed by atoms with Crippen molar-refractivity contribution >= 4 is 12.6 Å². The molecule has 0 aliphatic carbocycles. The van der Waals surface area contributed by atoms with E-state index in [-0.39, 0.29) is 0 Å². The van der Waals surface area contributed by atoms with Crippen LogP contribution in [0.2, 0.25) is 0 Å². The van der Waals surface area contributed by atoms with Crippen LogP contribution >= 0.6 is 12.6 Å². The van der Waals surface area contributed by atoms with E-state index in [9.17, 15) is 0 Å². The number of nitroso groups, excluding NO2 is 1. The Hall–Kier alpha value is -0.830. The second-order valence-corrected chi connectivity index (χ2v) is 2.41. The van der Waals surface area contributed by atoms with Crippen LogP contribution < -0.4 is 0 Å². The summed E-state index contributed by atoms with van der Waals surface area (Å²) in [5.41, 5.74) is 5.87. The number of hydrogen-bond acceptors (Lipinski definition) is 3. The molecule has 11 heavy (non-hydrogen) atoms. The molecule has 0 aliphatic rings. The molecule has 0 atom stereocenters. The third-order valence-electron chi connectivity index (χ3n) is 1.24. The van der Waals surface area contributed by atoms with Gasteiger partial charge in [-0.25, -0.2) is 0 Å². The summed E-state index contributed by atoms with van der Waals surface area (Å²) >= 11 is 4.13. The van der Waals surface area contributed by atoms with E-state index in [0.29, 0.717) is 0 Å². The molecule has 0 bridgehead atoms. The summed E-state index contributed by atoms with van der Waals surface area (Å²) in [6, 6.07) is 10.4. The van der Waals surface area contributed by atoms with Gasteiger partial charge in [0.15, 0.2) is 0 Å². The number of thiol groups is 1. The van der Waals surface area contributed by atoms with Gasteiger partial charge in [-0.05, 0) is 17.7 Å². The monoisotopic (exact) mass is 169 g/mol. The van der Waals surface area contributed by atoms with Crippen molar-refractivity contribution in [3.8, 4) is 0 Å². The molecule has 60 valence electrons. The van der Waals surface area contributed by atoms with Crippen LogP contribution in [-0.4, -0.2) is 5.75 Å². The highest BCUT2D eigenvalue weighted by atomic mass is 32.1. The standard InChI is InChI=1S/C8H10S.HNO/c9-7-6-8-4-2-1-3-5-8;1-2/h1-5,9H,6-7H2;1H. The minimum atomic E-state index is 0.935. The maximum absolute atomic E-state index is 7.50. The van der Waals surface area contributed by atoms with Crippen molar-refractivity contribution in [3.05, 3.63) is 40.8 Å². The quantitative estimate of drug-likeness (QED) is 0.518. The lowest BCUT2D eigenvalue weighted by atomic mass is 10.2. The molecule has 0 aromatic heterocycles. The van der Waals surface area contributed by atoms with Crippen molar-refractivity contribution in [2.24, 2.45) is 0 Å². The third kappa shape index (κ3) is 4.56. The smallest absolute Gasteiger partial charge is 0.00574 e. The Kier molecular flexibility index (Phi) is 6.73. The van der Waals surface area contributed by atoms with Gasteiger partial charge in [-0.2, -0.15) is 17.5 Å². The SMILES string of the molecule is N=O.SCCc1ccccc1. The van der Waals surface area contributed by atoms with Crippen LogP contribution in [0.4, 0.5) is 0 Å². The molecule has 2 nitrogen and oxygen atoms in total. The fourth-order valence-electron chi connectivity index (χ4n) is 0.774. The van der Waals surface area contributed by atoms with Crippen molar-refractivity contribution in [3.63, 3.8) is 0 Å². The molecule has 0 heterocycles. The molecule has 0 amide bonds. The van der Waals surface area contributed by atoms with Gasteiger partial charge in [0, 0.05) is 0 Å². The van der Waals surface area contributed by atoms with E-state index in [1.807, 2.05) is 6.07 Å². The molecule has 0 radical (unpaired) electrons. The highest BCUT2D eigenvalue weighted by Crippen LogP contribution is 1.99. The largest absolute Gasteiger partial charge is 0.179 e. The van der Waals surface area contributed by atoms with Crippen LogP contribution in [0.5, 0.6) is 0 Å². The summed E-state index contributed by atoms with van der Waals surface area (Å²) in [6.07, 6.45) is 1.07. The Bertz CT molecular complexity index is 179. The summed E-state index contributed by atoms with van der Waals surface area (Å²) < 4.78 is 0. The van der Waals surface area contributed by atoms with Gasteiger partial charge in [-0.3, -0.25) is 0 Å². The molecule has 0 saturated carbocycles. The van der Waals surface area contributed by atoms with Crippen LogP contribution in [-0.2, 0) is 6.42 Å². The first-order chi connectivity index (χ1) is 5.43. The predicted octanol–water partition coefficient (Wildman–Crippen LogP) is 2.49. The van der Waals surface area contributed by atoms with Gasteiger partial charge in [0.2, 0.25) is 0 Å². The highest BCUT2D eigenvalue weighted by Gasteiger charge is 1.84. The lowest BCUT2D eigenvalue weighted by Gasteiger charge is -1.93. The van der Waals surface area contributed by atoms with Crippen molar-refractivity contribution in [2.75, 3.05) is 5.75 Å². The van der Waals surface area contributed by atoms with Crippen molar-refractivity contribution in [2.45, 2.75) is 6.42 Å². The Morgan fingerprint density at radius 2 is 1.73 bits per heavy atom. The topological polar surface area (TPSA) is 40.9 Å². The fraction of sp³-hybridized carbons (Fsp3) is 0.250. The number of rotatable bonds is 2. The van der Waals surface area contributed by atoms with Gasteiger partial charge < -0.3 is 0 Å². The molecule has 0 spiro atoms. The van der Waals surface area contributed by atoms with E-state index >= 15 is 0 Å². The molecule has 1 rings (SSSR count). The molecule has 0 saturated heterocycles. The van der Waals surface area contributed by atoms with Crippen LogP contribution in [0.15, 0.2) is 30.3 Å². The van der Waals surface area contributed by atoms with Crippen LogP contribution in [0.25, 0.3) is 0 Å². The predicted molar refractivity (Wildman–Crippen MR) is 50.1 cm³/mol. The molecular formula is C8H11NOS. The Balaban J connectivity index is 0.000000461. The van der Waals surface area contributed by atoms with E-state index in [4.69, 9.17) is 4.91 Å². The number of nitrogens with one attached hydrogen (secondary N) is 1. The van der Waals surface area contributed by atoms with Crippen molar-refractivity contribution in [1.82, 2.24) is 0 Å². The number of aryl methyl sites for hydroxylation is 1. The second kappa shape index (κ2) is 7.28. The van der Waals surface area contributed by atoms with Gasteiger partial charge in [-0.15, -0.1) is 0 Å². The first-order valence-electron chi connectivity index (χ1n) is 3.28. The zero-order chi connectivity index (χ0) is 8.53. The summed E-state index contributed by atoms with van der Waals surface area (Å²) in [5.74, 6) is 0.935. The van der Waals surface area contributed by atoms with E-state index in [2.05, 4.69) is 42.5 Å². The van der Waals surface area contributed by atoms with Crippen LogP contribution in [0.1, 0.15) is 5.56 Å². The zero-order valence-electron chi connectivity index (χ0n) is 6.16. The van der Waals surface area contributed by atoms with Crippen molar-refractivity contribution in [1.29, 1.82) is 5.59 Å². The minimum absolute atomic E-state index is 0.935. The maximum atomic E-state index is 7.50. The van der Waals surface area contributed by atoms with E-state index in [1.165, 1.54) is 5.56 Å². The molecular weight excluding hydrogens is 158 g/mol. The summed E-state index contributed by atoms with van der Waals surface area (Å²) in [6.45, 7) is 0. The normalized spacial score (nSPS) is 8.09. The van der Waals surface area contributed by atoms with Gasteiger partial charge in [-0.1, -0.05) is 35.9 Å². The molecule has 0 aliphatic heterocycles. The fourth-order valence-corrected chi connectivity index (χ4v) is 1.03. The summed E-state index contributed by atoms with van der Waals surface area (Å²) in [4.78, 5) is 7.50. The van der Waals surface area contributed by atoms with E-state index in [0.717, 1.165) is 12.2 Å². The van der Waals surface area contributed by atoms with Crippen LogP contribution in [0, 0.1) is 10.5 Å². The minimum Gasteiger partial charge on any atom is -0.179 e.